The highest BCUT2D eigenvalue weighted by Crippen LogP contribution is 2.22. The quantitative estimate of drug-likeness (QED) is 0.666. The van der Waals surface area contributed by atoms with E-state index >= 15 is 0 Å². The van der Waals surface area contributed by atoms with Crippen molar-refractivity contribution >= 4 is 11.6 Å². The van der Waals surface area contributed by atoms with E-state index in [1.54, 1.807) is 35.3 Å². The number of pyridine rings is 1. The minimum Gasteiger partial charge on any atom is -0.242 e. The summed E-state index contributed by atoms with van der Waals surface area (Å²) in [6, 6.07) is 9.88. The van der Waals surface area contributed by atoms with Gasteiger partial charge in [-0.15, -0.1) is 0 Å². The molecule has 0 unspecified atom stereocenters. The van der Waals surface area contributed by atoms with Crippen LogP contribution in [-0.4, -0.2) is 14.8 Å². The zero-order valence-corrected chi connectivity index (χ0v) is 10.5. The Kier molecular flexibility index (Phi) is 3.01. The summed E-state index contributed by atoms with van der Waals surface area (Å²) in [6.45, 7) is 0. The van der Waals surface area contributed by atoms with E-state index in [1.807, 2.05) is 12.3 Å². The normalized spacial score (nSPS) is 10.6. The van der Waals surface area contributed by atoms with Crippen molar-refractivity contribution in [1.29, 1.82) is 0 Å². The van der Waals surface area contributed by atoms with Crippen molar-refractivity contribution in [2.75, 3.05) is 0 Å². The van der Waals surface area contributed by atoms with E-state index in [4.69, 9.17) is 11.6 Å². The van der Waals surface area contributed by atoms with Crippen LogP contribution in [0.2, 0.25) is 5.15 Å². The van der Waals surface area contributed by atoms with Gasteiger partial charge in [-0.3, -0.25) is 0 Å². The number of halogens is 2. The second-order valence-electron chi connectivity index (χ2n) is 3.99. The van der Waals surface area contributed by atoms with E-state index in [0.717, 1.165) is 11.1 Å². The van der Waals surface area contributed by atoms with Crippen molar-refractivity contribution in [2.45, 2.75) is 0 Å². The number of nitrogens with zero attached hydrogens (tertiary/aromatic N) is 3. The van der Waals surface area contributed by atoms with Crippen molar-refractivity contribution < 1.29 is 4.39 Å². The van der Waals surface area contributed by atoms with E-state index in [2.05, 4.69) is 10.1 Å². The van der Waals surface area contributed by atoms with Crippen LogP contribution in [-0.2, 0) is 0 Å². The van der Waals surface area contributed by atoms with Gasteiger partial charge in [0.05, 0.1) is 6.20 Å². The summed E-state index contributed by atoms with van der Waals surface area (Å²) in [5.41, 5.74) is 2.49. The molecule has 1 aromatic carbocycles. The second-order valence-corrected chi connectivity index (χ2v) is 4.35. The molecule has 2 heterocycles. The Morgan fingerprint density at radius 2 is 1.84 bits per heavy atom. The highest BCUT2D eigenvalue weighted by Gasteiger charge is 2.06. The molecule has 19 heavy (non-hydrogen) atoms. The van der Waals surface area contributed by atoms with Gasteiger partial charge in [0.25, 0.3) is 0 Å². The highest BCUT2D eigenvalue weighted by atomic mass is 35.5. The number of hydrogen-bond acceptors (Lipinski definition) is 2. The van der Waals surface area contributed by atoms with Gasteiger partial charge in [0.1, 0.15) is 11.5 Å². The molecule has 3 rings (SSSR count). The smallest absolute Gasteiger partial charge is 0.154 e. The average Bonchev–Trinajstić information content (AvgIpc) is 2.89. The highest BCUT2D eigenvalue weighted by molar-refractivity contribution is 6.31. The number of hydrogen-bond donors (Lipinski definition) is 0. The maximum Gasteiger partial charge on any atom is 0.154 e. The van der Waals surface area contributed by atoms with Gasteiger partial charge < -0.3 is 0 Å². The van der Waals surface area contributed by atoms with Crippen molar-refractivity contribution in [1.82, 2.24) is 14.8 Å². The lowest BCUT2D eigenvalue weighted by Gasteiger charge is -2.01. The summed E-state index contributed by atoms with van der Waals surface area (Å²) in [6.07, 6.45) is 5.16. The molecule has 0 fully saturated rings. The standard InChI is InChI=1S/C14H9ClFN3/c15-14-13(2-1-7-17-14)19-9-11(8-18-19)10-3-5-12(16)6-4-10/h1-9H. The maximum atomic E-state index is 12.9. The van der Waals surface area contributed by atoms with Crippen LogP contribution in [0, 0.1) is 5.82 Å². The van der Waals surface area contributed by atoms with Crippen LogP contribution in [0.25, 0.3) is 16.8 Å². The molecule has 2 aromatic heterocycles. The third kappa shape index (κ3) is 2.35. The minimum absolute atomic E-state index is 0.258. The average molecular weight is 274 g/mol. The Balaban J connectivity index is 2.00. The van der Waals surface area contributed by atoms with Crippen molar-refractivity contribution in [3.8, 4) is 16.8 Å². The zero-order valence-electron chi connectivity index (χ0n) is 9.79. The molecule has 94 valence electrons. The van der Waals surface area contributed by atoms with Crippen LogP contribution in [0.1, 0.15) is 0 Å². The van der Waals surface area contributed by atoms with Crippen LogP contribution in [0.4, 0.5) is 4.39 Å². The SMILES string of the molecule is Fc1ccc(-c2cnn(-c3cccnc3Cl)c2)cc1. The Morgan fingerprint density at radius 1 is 1.05 bits per heavy atom. The maximum absolute atomic E-state index is 12.9. The third-order valence-corrected chi connectivity index (χ3v) is 3.04. The van der Waals surface area contributed by atoms with Crippen LogP contribution in [0.3, 0.4) is 0 Å². The molecule has 3 nitrogen and oxygen atoms in total. The van der Waals surface area contributed by atoms with Gasteiger partial charge >= 0.3 is 0 Å². The summed E-state index contributed by atoms with van der Waals surface area (Å²) >= 11 is 6.01. The first-order valence-corrected chi connectivity index (χ1v) is 6.03. The number of aromatic nitrogens is 3. The van der Waals surface area contributed by atoms with E-state index in [1.165, 1.54) is 12.1 Å². The number of rotatable bonds is 2. The van der Waals surface area contributed by atoms with E-state index in [-0.39, 0.29) is 5.82 Å². The molecule has 0 atom stereocenters. The molecule has 3 aromatic rings. The fourth-order valence-corrected chi connectivity index (χ4v) is 2.00. The predicted molar refractivity (Wildman–Crippen MR) is 71.8 cm³/mol. The molecule has 0 bridgehead atoms. The van der Waals surface area contributed by atoms with E-state index in [0.29, 0.717) is 10.8 Å². The molecule has 0 aliphatic heterocycles. The van der Waals surface area contributed by atoms with Gasteiger partial charge in [0.15, 0.2) is 5.15 Å². The molecule has 0 N–H and O–H groups in total. The Morgan fingerprint density at radius 3 is 2.58 bits per heavy atom. The molecule has 0 saturated carbocycles. The molecule has 5 heteroatoms. The van der Waals surface area contributed by atoms with Crippen molar-refractivity contribution in [3.05, 3.63) is 66.0 Å². The summed E-state index contributed by atoms with van der Waals surface area (Å²) in [5, 5.41) is 4.63. The fraction of sp³-hybridized carbons (Fsp3) is 0. The van der Waals surface area contributed by atoms with Gasteiger partial charge in [-0.1, -0.05) is 23.7 Å². The van der Waals surface area contributed by atoms with Crippen molar-refractivity contribution in [3.63, 3.8) is 0 Å². The summed E-state index contributed by atoms with van der Waals surface area (Å²) in [7, 11) is 0. The Labute approximate surface area is 114 Å². The molecule has 0 saturated heterocycles. The molecule has 0 amide bonds. The summed E-state index contributed by atoms with van der Waals surface area (Å²) in [5.74, 6) is -0.258. The first kappa shape index (κ1) is 11.9. The second kappa shape index (κ2) is 4.82. The van der Waals surface area contributed by atoms with Gasteiger partial charge in [0.2, 0.25) is 0 Å². The van der Waals surface area contributed by atoms with Crippen LogP contribution < -0.4 is 0 Å². The lowest BCUT2D eigenvalue weighted by atomic mass is 10.1. The minimum atomic E-state index is -0.258. The van der Waals surface area contributed by atoms with E-state index in [9.17, 15) is 4.39 Å². The third-order valence-electron chi connectivity index (χ3n) is 2.75. The molecule has 0 spiro atoms. The molecule has 0 aliphatic carbocycles. The molecular formula is C14H9ClFN3. The summed E-state index contributed by atoms with van der Waals surface area (Å²) in [4.78, 5) is 4.00. The van der Waals surface area contributed by atoms with Crippen LogP contribution >= 0.6 is 11.6 Å². The molecule has 0 radical (unpaired) electrons. The van der Waals surface area contributed by atoms with Crippen LogP contribution in [0.5, 0.6) is 0 Å². The largest absolute Gasteiger partial charge is 0.242 e. The Hall–Kier alpha value is -2.20. The molecular weight excluding hydrogens is 265 g/mol. The van der Waals surface area contributed by atoms with Crippen molar-refractivity contribution in [2.24, 2.45) is 0 Å². The first-order chi connectivity index (χ1) is 9.24. The monoisotopic (exact) mass is 273 g/mol. The Bertz CT molecular complexity index is 707. The fourth-order valence-electron chi connectivity index (χ4n) is 1.79. The van der Waals surface area contributed by atoms with E-state index < -0.39 is 0 Å². The summed E-state index contributed by atoms with van der Waals surface area (Å²) < 4.78 is 14.5. The molecule has 0 aliphatic rings. The lowest BCUT2D eigenvalue weighted by molar-refractivity contribution is 0.628. The van der Waals surface area contributed by atoms with Gasteiger partial charge in [-0.25, -0.2) is 14.1 Å². The van der Waals surface area contributed by atoms with Gasteiger partial charge in [0, 0.05) is 18.0 Å². The topological polar surface area (TPSA) is 30.7 Å². The van der Waals surface area contributed by atoms with Gasteiger partial charge in [-0.05, 0) is 29.8 Å². The first-order valence-electron chi connectivity index (χ1n) is 5.65. The lowest BCUT2D eigenvalue weighted by Crippen LogP contribution is -1.95. The number of benzene rings is 1. The van der Waals surface area contributed by atoms with Gasteiger partial charge in [-0.2, -0.15) is 5.10 Å². The predicted octanol–water partition coefficient (Wildman–Crippen LogP) is 3.73. The zero-order chi connectivity index (χ0) is 13.2. The van der Waals surface area contributed by atoms with Crippen LogP contribution in [0.15, 0.2) is 55.0 Å².